The van der Waals surface area contributed by atoms with Gasteiger partial charge in [-0.15, -0.1) is 0 Å². The third-order valence-electron chi connectivity index (χ3n) is 1.89. The van der Waals surface area contributed by atoms with Crippen molar-refractivity contribution >= 4 is 29.4 Å². The first-order valence-corrected chi connectivity index (χ1v) is 4.08. The predicted molar refractivity (Wildman–Crippen MR) is 52.7 cm³/mol. The molecule has 7 heteroatoms. The van der Waals surface area contributed by atoms with Gasteiger partial charge in [0.1, 0.15) is 0 Å². The molecule has 1 N–H and O–H groups in total. The van der Waals surface area contributed by atoms with Crippen LogP contribution in [0.1, 0.15) is 0 Å². The van der Waals surface area contributed by atoms with Gasteiger partial charge in [0.15, 0.2) is 0 Å². The van der Waals surface area contributed by atoms with Crippen LogP contribution in [0.15, 0.2) is 12.2 Å². The minimum absolute atomic E-state index is 0.0856. The van der Waals surface area contributed by atoms with Crippen LogP contribution in [0.3, 0.4) is 0 Å². The molecule has 0 aromatic carbocycles. The van der Waals surface area contributed by atoms with Gasteiger partial charge < -0.3 is 9.69 Å². The number of anilines is 1. The van der Waals surface area contributed by atoms with Crippen molar-refractivity contribution in [3.8, 4) is 0 Å². The average Bonchev–Trinajstić information content (AvgIpc) is 2.82. The maximum Gasteiger partial charge on any atom is 0.386 e. The Morgan fingerprint density at radius 3 is 2.25 bits per heavy atom. The van der Waals surface area contributed by atoms with Crippen LogP contribution in [0.25, 0.3) is 9.69 Å². The van der Waals surface area contributed by atoms with Gasteiger partial charge in [0.05, 0.1) is 0 Å². The Morgan fingerprint density at radius 1 is 1.19 bits per heavy atom. The molecule has 1 aromatic heterocycles. The minimum atomic E-state index is -0.549. The van der Waals surface area contributed by atoms with Gasteiger partial charge in [0.25, 0.3) is 23.5 Å². The van der Waals surface area contributed by atoms with E-state index in [1.165, 1.54) is 0 Å². The highest BCUT2D eigenvalue weighted by molar-refractivity contribution is 6.27. The summed E-state index contributed by atoms with van der Waals surface area (Å²) in [6.07, 6.45) is 2.19. The Hall–Kier alpha value is -2.93. The summed E-state index contributed by atoms with van der Waals surface area (Å²) < 4.78 is 0. The summed E-state index contributed by atoms with van der Waals surface area (Å²) in [4.78, 5) is 35.5. The van der Waals surface area contributed by atoms with Crippen LogP contribution in [0.2, 0.25) is 0 Å². The summed E-state index contributed by atoms with van der Waals surface area (Å²) in [7, 11) is 0. The van der Waals surface area contributed by atoms with E-state index in [1.807, 2.05) is 0 Å². The molecule has 0 spiro atoms. The lowest BCUT2D eigenvalue weighted by Gasteiger charge is -2.03. The van der Waals surface area contributed by atoms with Crippen LogP contribution in [0.4, 0.5) is 17.6 Å². The molecule has 0 saturated carbocycles. The van der Waals surface area contributed by atoms with Crippen molar-refractivity contribution in [1.82, 2.24) is 9.97 Å². The quantitative estimate of drug-likeness (QED) is 0.557. The van der Waals surface area contributed by atoms with E-state index in [4.69, 9.17) is 13.1 Å². The van der Waals surface area contributed by atoms with Crippen molar-refractivity contribution in [2.24, 2.45) is 0 Å². The minimum Gasteiger partial charge on any atom is -0.373 e. The Bertz CT molecular complexity index is 549. The maximum atomic E-state index is 11.3. The number of aromatic amines is 1. The number of hydrogen-bond acceptors (Lipinski definition) is 3. The normalized spacial score (nSPS) is 14.0. The van der Waals surface area contributed by atoms with Gasteiger partial charge in [-0.1, -0.05) is 18.1 Å². The molecule has 2 heterocycles. The van der Waals surface area contributed by atoms with E-state index in [0.717, 1.165) is 17.1 Å². The highest BCUT2D eigenvalue weighted by Crippen LogP contribution is 2.29. The molecule has 2 amide bonds. The summed E-state index contributed by atoms with van der Waals surface area (Å²) in [5, 5.41) is 0. The molecule has 76 valence electrons. The van der Waals surface area contributed by atoms with E-state index in [2.05, 4.69) is 19.7 Å². The van der Waals surface area contributed by atoms with Crippen LogP contribution in [0.5, 0.6) is 0 Å². The standard InChI is InChI=1S/C9H3N5O2/c1-10-7-8(11-2)13-9(12-7)14-5(15)3-4-6(14)16/h3-4H,(H,12,13). The molecule has 0 unspecified atom stereocenters. The maximum absolute atomic E-state index is 11.3. The lowest BCUT2D eigenvalue weighted by atomic mass is 10.6. The largest absolute Gasteiger partial charge is 0.386 e. The molecule has 0 atom stereocenters. The highest BCUT2D eigenvalue weighted by Gasteiger charge is 2.33. The van der Waals surface area contributed by atoms with Gasteiger partial charge in [-0.25, -0.2) is 0 Å². The molecule has 1 aliphatic rings. The van der Waals surface area contributed by atoms with Gasteiger partial charge in [0.2, 0.25) is 0 Å². The lowest BCUT2D eigenvalue weighted by Crippen LogP contribution is -2.30. The van der Waals surface area contributed by atoms with Crippen molar-refractivity contribution in [2.75, 3.05) is 4.90 Å². The van der Waals surface area contributed by atoms with E-state index in [9.17, 15) is 9.59 Å². The Morgan fingerprint density at radius 2 is 1.81 bits per heavy atom. The number of H-pyrrole nitrogens is 1. The molecule has 0 aliphatic carbocycles. The molecule has 0 radical (unpaired) electrons. The smallest absolute Gasteiger partial charge is 0.373 e. The fourth-order valence-electron chi connectivity index (χ4n) is 1.21. The Kier molecular flexibility index (Phi) is 2.00. The zero-order chi connectivity index (χ0) is 11.7. The molecule has 16 heavy (non-hydrogen) atoms. The Balaban J connectivity index is 2.48. The number of hydrogen-bond donors (Lipinski definition) is 1. The van der Waals surface area contributed by atoms with Crippen LogP contribution < -0.4 is 4.90 Å². The van der Waals surface area contributed by atoms with Gasteiger partial charge >= 0.3 is 5.95 Å². The number of nitrogens with one attached hydrogen (secondary N) is 1. The Labute approximate surface area is 89.6 Å². The van der Waals surface area contributed by atoms with Crippen molar-refractivity contribution in [3.05, 3.63) is 35.0 Å². The van der Waals surface area contributed by atoms with Crippen molar-refractivity contribution < 1.29 is 9.59 Å². The van der Waals surface area contributed by atoms with Crippen molar-refractivity contribution in [2.45, 2.75) is 0 Å². The van der Waals surface area contributed by atoms with Crippen LogP contribution in [0, 0.1) is 13.1 Å². The molecule has 0 fully saturated rings. The summed E-state index contributed by atoms with van der Waals surface area (Å²) in [6.45, 7) is 13.5. The van der Waals surface area contributed by atoms with Gasteiger partial charge in [-0.2, -0.15) is 4.90 Å². The molecule has 2 rings (SSSR count). The molecule has 7 nitrogen and oxygen atoms in total. The number of imidazole rings is 1. The fourth-order valence-corrected chi connectivity index (χ4v) is 1.21. The van der Waals surface area contributed by atoms with Crippen molar-refractivity contribution in [3.63, 3.8) is 0 Å². The second kappa shape index (κ2) is 3.33. The summed E-state index contributed by atoms with van der Waals surface area (Å²) in [5.74, 6) is -1.44. The predicted octanol–water partition coefficient (Wildman–Crippen LogP) is 0.941. The number of carbonyl (C=O) groups is 2. The summed E-state index contributed by atoms with van der Waals surface area (Å²) >= 11 is 0. The molecular weight excluding hydrogens is 210 g/mol. The lowest BCUT2D eigenvalue weighted by molar-refractivity contribution is -0.120. The third-order valence-corrected chi connectivity index (χ3v) is 1.89. The summed E-state index contributed by atoms with van der Waals surface area (Å²) in [5.41, 5.74) is 0. The number of nitrogens with zero attached hydrogens (tertiary/aromatic N) is 4. The molecule has 0 bridgehead atoms. The number of amides is 2. The van der Waals surface area contributed by atoms with Crippen LogP contribution >= 0.6 is 0 Å². The second-order valence-corrected chi connectivity index (χ2v) is 2.80. The molecule has 1 aromatic rings. The third kappa shape index (κ3) is 1.24. The van der Waals surface area contributed by atoms with E-state index in [0.29, 0.717) is 0 Å². The zero-order valence-electron chi connectivity index (χ0n) is 7.76. The fraction of sp³-hybridized carbons (Fsp3) is 0. The number of aromatic nitrogens is 2. The molecule has 0 saturated heterocycles. The first kappa shape index (κ1) is 9.62. The zero-order valence-corrected chi connectivity index (χ0v) is 7.76. The number of imide groups is 1. The first-order valence-electron chi connectivity index (χ1n) is 4.08. The van der Waals surface area contributed by atoms with E-state index in [1.54, 1.807) is 0 Å². The second-order valence-electron chi connectivity index (χ2n) is 2.80. The summed E-state index contributed by atoms with van der Waals surface area (Å²) in [6, 6.07) is 0. The highest BCUT2D eigenvalue weighted by atomic mass is 16.2. The number of carbonyl (C=O) groups excluding carboxylic acids is 2. The van der Waals surface area contributed by atoms with Crippen LogP contribution in [-0.2, 0) is 9.59 Å². The molecule has 1 aliphatic heterocycles. The van der Waals surface area contributed by atoms with Gasteiger partial charge in [-0.3, -0.25) is 14.6 Å². The van der Waals surface area contributed by atoms with Gasteiger partial charge in [0, 0.05) is 12.2 Å². The monoisotopic (exact) mass is 213 g/mol. The van der Waals surface area contributed by atoms with E-state index in [-0.39, 0.29) is 17.6 Å². The topological polar surface area (TPSA) is 74.8 Å². The van der Waals surface area contributed by atoms with E-state index < -0.39 is 11.8 Å². The van der Waals surface area contributed by atoms with Crippen molar-refractivity contribution in [1.29, 1.82) is 0 Å². The average molecular weight is 213 g/mol. The first-order chi connectivity index (χ1) is 7.67. The molecular formula is C9H3N5O2. The number of rotatable bonds is 1. The SMILES string of the molecule is [C-]#[N+]c1nc(N2C(=O)C=CC2=O)[nH]c1[N+]#[C-]. The van der Waals surface area contributed by atoms with Gasteiger partial charge in [-0.05, 0) is 0 Å². The van der Waals surface area contributed by atoms with E-state index >= 15 is 0 Å². The van der Waals surface area contributed by atoms with Crippen LogP contribution in [-0.4, -0.2) is 21.8 Å².